The van der Waals surface area contributed by atoms with Crippen molar-refractivity contribution in [2.45, 2.75) is 20.2 Å². The van der Waals surface area contributed by atoms with Crippen LogP contribution in [0.5, 0.6) is 0 Å². The van der Waals surface area contributed by atoms with Crippen LogP contribution in [-0.2, 0) is 9.31 Å². The average Bonchev–Trinajstić information content (AvgIpc) is 1.94. The lowest BCUT2D eigenvalue weighted by molar-refractivity contribution is 0.0294. The highest BCUT2D eigenvalue weighted by atomic mass is 16.6. The van der Waals surface area contributed by atoms with Gasteiger partial charge in [0, 0.05) is 18.6 Å². The predicted molar refractivity (Wildman–Crippen MR) is 46.4 cm³/mol. The molecule has 1 saturated heterocycles. The molecule has 1 rings (SSSR count). The first-order valence-corrected chi connectivity index (χ1v) is 3.98. The summed E-state index contributed by atoms with van der Waals surface area (Å²) < 4.78 is 10.9. The van der Waals surface area contributed by atoms with Crippen molar-refractivity contribution in [2.24, 2.45) is 5.41 Å². The summed E-state index contributed by atoms with van der Waals surface area (Å²) in [4.78, 5) is 0. The third kappa shape index (κ3) is 2.68. The van der Waals surface area contributed by atoms with Crippen LogP contribution < -0.4 is 0 Å². The molecule has 3 heteroatoms. The molecule has 0 N–H and O–H groups in total. The molecule has 0 saturated carbocycles. The number of hydrogen-bond acceptors (Lipinski definition) is 2. The molecule has 0 aromatic carbocycles. The molecule has 62 valence electrons. The van der Waals surface area contributed by atoms with E-state index >= 15 is 0 Å². The highest BCUT2D eigenvalue weighted by Crippen LogP contribution is 2.22. The molecule has 0 aromatic heterocycles. The molecule has 0 bridgehead atoms. The second-order valence-electron chi connectivity index (χ2n) is 3.74. The van der Waals surface area contributed by atoms with E-state index in [4.69, 9.17) is 9.31 Å². The van der Waals surface area contributed by atoms with Crippen LogP contribution in [0.25, 0.3) is 0 Å². The summed E-state index contributed by atoms with van der Waals surface area (Å²) in [5, 5.41) is 0. The van der Waals surface area contributed by atoms with Crippen molar-refractivity contribution in [2.75, 3.05) is 13.2 Å². The van der Waals surface area contributed by atoms with Crippen molar-refractivity contribution in [1.29, 1.82) is 0 Å². The summed E-state index contributed by atoms with van der Waals surface area (Å²) in [6.07, 6.45) is 2.61. The van der Waals surface area contributed by atoms with Gasteiger partial charge in [-0.1, -0.05) is 19.9 Å². The lowest BCUT2D eigenvalue weighted by Gasteiger charge is -2.32. The van der Waals surface area contributed by atoms with Crippen LogP contribution in [0.4, 0.5) is 0 Å². The quantitative estimate of drug-likeness (QED) is 0.445. The minimum Gasteiger partial charge on any atom is -0.410 e. The molecule has 2 nitrogen and oxygen atoms in total. The monoisotopic (exact) mass is 154 g/mol. The molecule has 1 heterocycles. The molecule has 0 radical (unpaired) electrons. The first-order chi connectivity index (χ1) is 5.14. The fourth-order valence-corrected chi connectivity index (χ4v) is 0.999. The van der Waals surface area contributed by atoms with Crippen molar-refractivity contribution in [3.8, 4) is 0 Å². The van der Waals surface area contributed by atoms with Crippen molar-refractivity contribution < 1.29 is 9.31 Å². The van der Waals surface area contributed by atoms with Gasteiger partial charge in [0.05, 0.1) is 0 Å². The van der Waals surface area contributed by atoms with Gasteiger partial charge in [-0.3, -0.25) is 0 Å². The molecule has 0 amide bonds. The minimum atomic E-state index is -0.0551. The Morgan fingerprint density at radius 1 is 1.45 bits per heavy atom. The van der Waals surface area contributed by atoms with Crippen molar-refractivity contribution >= 4 is 7.12 Å². The highest BCUT2D eigenvalue weighted by molar-refractivity contribution is 6.45. The first kappa shape index (κ1) is 8.82. The molecule has 1 aliphatic rings. The molecule has 0 atom stereocenters. The van der Waals surface area contributed by atoms with Gasteiger partial charge in [-0.15, -0.1) is 6.58 Å². The van der Waals surface area contributed by atoms with E-state index in [1.165, 1.54) is 0 Å². The zero-order valence-electron chi connectivity index (χ0n) is 7.30. The summed E-state index contributed by atoms with van der Waals surface area (Å²) >= 11 is 0. The number of rotatable bonds is 2. The Kier molecular flexibility index (Phi) is 2.74. The zero-order chi connectivity index (χ0) is 8.32. The third-order valence-electron chi connectivity index (χ3n) is 1.68. The fraction of sp³-hybridized carbons (Fsp3) is 0.750. The Hall–Kier alpha value is -0.275. The van der Waals surface area contributed by atoms with Crippen LogP contribution in [0.3, 0.4) is 0 Å². The number of allylic oxidation sites excluding steroid dienone is 1. The second-order valence-corrected chi connectivity index (χ2v) is 3.74. The summed E-state index contributed by atoms with van der Waals surface area (Å²) in [7, 11) is -0.0551. The largest absolute Gasteiger partial charge is 0.460 e. The highest BCUT2D eigenvalue weighted by Gasteiger charge is 2.30. The Morgan fingerprint density at radius 2 is 2.00 bits per heavy atom. The maximum absolute atomic E-state index is 5.44. The van der Waals surface area contributed by atoms with Crippen molar-refractivity contribution in [1.82, 2.24) is 0 Å². The lowest BCUT2D eigenvalue weighted by atomic mass is 9.80. The van der Waals surface area contributed by atoms with E-state index in [0.29, 0.717) is 0 Å². The molecule has 1 aliphatic heterocycles. The van der Waals surface area contributed by atoms with Gasteiger partial charge >= 0.3 is 7.12 Å². The van der Waals surface area contributed by atoms with Crippen LogP contribution in [-0.4, -0.2) is 20.3 Å². The van der Waals surface area contributed by atoms with E-state index in [1.807, 2.05) is 6.08 Å². The van der Waals surface area contributed by atoms with E-state index in [1.54, 1.807) is 0 Å². The van der Waals surface area contributed by atoms with Gasteiger partial charge in [0.25, 0.3) is 0 Å². The Morgan fingerprint density at radius 3 is 2.45 bits per heavy atom. The topological polar surface area (TPSA) is 18.5 Å². The van der Waals surface area contributed by atoms with E-state index in [2.05, 4.69) is 20.4 Å². The van der Waals surface area contributed by atoms with Gasteiger partial charge in [0.1, 0.15) is 0 Å². The normalized spacial score (nSPS) is 23.3. The van der Waals surface area contributed by atoms with Crippen LogP contribution in [0.15, 0.2) is 12.7 Å². The second kappa shape index (κ2) is 3.41. The van der Waals surface area contributed by atoms with Gasteiger partial charge in [-0.25, -0.2) is 0 Å². The molecule has 1 fully saturated rings. The van der Waals surface area contributed by atoms with Gasteiger partial charge < -0.3 is 9.31 Å². The Bertz CT molecular complexity index is 135. The van der Waals surface area contributed by atoms with Crippen LogP contribution in [0.1, 0.15) is 13.8 Å². The predicted octanol–water partition coefficient (Wildman–Crippen LogP) is 1.73. The minimum absolute atomic E-state index is 0.0551. The van der Waals surface area contributed by atoms with E-state index < -0.39 is 0 Å². The SMILES string of the molecule is C=CCB1OCC(C)(C)CO1. The zero-order valence-corrected chi connectivity index (χ0v) is 7.30. The van der Waals surface area contributed by atoms with Gasteiger partial charge in [0.2, 0.25) is 0 Å². The molecule has 0 aromatic rings. The summed E-state index contributed by atoms with van der Waals surface area (Å²) in [5.74, 6) is 0. The maximum atomic E-state index is 5.44. The Labute approximate surface area is 68.7 Å². The smallest absolute Gasteiger partial charge is 0.410 e. The number of hydrogen-bond donors (Lipinski definition) is 0. The van der Waals surface area contributed by atoms with Crippen LogP contribution >= 0.6 is 0 Å². The molecule has 0 spiro atoms. The fourth-order valence-electron chi connectivity index (χ4n) is 0.999. The van der Waals surface area contributed by atoms with E-state index in [9.17, 15) is 0 Å². The molecular formula is C8H15BO2. The standard InChI is InChI=1S/C8H15BO2/c1-4-5-9-10-6-8(2,3)7-11-9/h4H,1,5-7H2,2-3H3. The van der Waals surface area contributed by atoms with Gasteiger partial charge in [-0.05, 0) is 6.32 Å². The summed E-state index contributed by atoms with van der Waals surface area (Å²) in [6.45, 7) is 9.47. The van der Waals surface area contributed by atoms with Crippen LogP contribution in [0, 0.1) is 5.41 Å². The molecule has 0 unspecified atom stereocenters. The molecule has 11 heavy (non-hydrogen) atoms. The lowest BCUT2D eigenvalue weighted by Crippen LogP contribution is -2.40. The third-order valence-corrected chi connectivity index (χ3v) is 1.68. The molecular weight excluding hydrogens is 139 g/mol. The summed E-state index contributed by atoms with van der Waals surface area (Å²) in [6, 6.07) is 0. The van der Waals surface area contributed by atoms with E-state index in [0.717, 1.165) is 19.5 Å². The van der Waals surface area contributed by atoms with Crippen molar-refractivity contribution in [3.05, 3.63) is 12.7 Å². The molecule has 0 aliphatic carbocycles. The van der Waals surface area contributed by atoms with E-state index in [-0.39, 0.29) is 12.5 Å². The van der Waals surface area contributed by atoms with Gasteiger partial charge in [-0.2, -0.15) is 0 Å². The van der Waals surface area contributed by atoms with Crippen molar-refractivity contribution in [3.63, 3.8) is 0 Å². The average molecular weight is 154 g/mol. The summed E-state index contributed by atoms with van der Waals surface area (Å²) in [5.41, 5.74) is 0.178. The van der Waals surface area contributed by atoms with Crippen LogP contribution in [0.2, 0.25) is 6.32 Å². The Balaban J connectivity index is 2.30. The maximum Gasteiger partial charge on any atom is 0.460 e. The first-order valence-electron chi connectivity index (χ1n) is 3.98. The van der Waals surface area contributed by atoms with Gasteiger partial charge in [0.15, 0.2) is 0 Å².